The molecule has 2 heterocycles. The summed E-state index contributed by atoms with van der Waals surface area (Å²) in [6.07, 6.45) is -2.27. The Morgan fingerprint density at radius 3 is 2.34 bits per heavy atom. The molecule has 7 heteroatoms. The molecule has 32 heavy (non-hydrogen) atoms. The number of halogens is 3. The number of nitrogens with zero attached hydrogens (tertiary/aromatic N) is 3. The predicted molar refractivity (Wildman–Crippen MR) is 119 cm³/mol. The lowest BCUT2D eigenvalue weighted by molar-refractivity contribution is -0.137. The minimum absolute atomic E-state index is 0.103. The molecule has 170 valence electrons. The number of hydrogen-bond acceptors (Lipinski definition) is 3. The van der Waals surface area contributed by atoms with Gasteiger partial charge in [-0.25, -0.2) is 0 Å². The zero-order valence-electron chi connectivity index (χ0n) is 18.3. The summed E-state index contributed by atoms with van der Waals surface area (Å²) in [7, 11) is 2.11. The molecule has 2 aromatic carbocycles. The lowest BCUT2D eigenvalue weighted by Gasteiger charge is -2.34. The molecule has 1 saturated heterocycles. The van der Waals surface area contributed by atoms with Crippen LogP contribution >= 0.6 is 0 Å². The average Bonchev–Trinajstić information content (AvgIpc) is 2.79. The van der Waals surface area contributed by atoms with E-state index in [1.807, 2.05) is 0 Å². The number of alkyl halides is 3. The summed E-state index contributed by atoms with van der Waals surface area (Å²) in [5, 5.41) is 0. The summed E-state index contributed by atoms with van der Waals surface area (Å²) in [6.45, 7) is 9.39. The van der Waals surface area contributed by atoms with Gasteiger partial charge in [-0.3, -0.25) is 9.69 Å². The van der Waals surface area contributed by atoms with Gasteiger partial charge in [-0.1, -0.05) is 24.8 Å². The van der Waals surface area contributed by atoms with Crippen molar-refractivity contribution in [2.45, 2.75) is 25.7 Å². The van der Waals surface area contributed by atoms with Crippen LogP contribution < -0.4 is 0 Å². The maximum atomic E-state index is 13.1. The second kappa shape index (κ2) is 9.08. The van der Waals surface area contributed by atoms with Crippen LogP contribution in [0.2, 0.25) is 0 Å². The Morgan fingerprint density at radius 2 is 1.72 bits per heavy atom. The van der Waals surface area contributed by atoms with Crippen molar-refractivity contribution in [3.8, 4) is 11.1 Å². The van der Waals surface area contributed by atoms with Crippen molar-refractivity contribution in [1.29, 1.82) is 0 Å². The van der Waals surface area contributed by atoms with Gasteiger partial charge < -0.3 is 9.80 Å². The maximum absolute atomic E-state index is 13.1. The Morgan fingerprint density at radius 1 is 1.03 bits per heavy atom. The van der Waals surface area contributed by atoms with E-state index in [1.54, 1.807) is 17.0 Å². The first-order valence-electron chi connectivity index (χ1n) is 10.9. The van der Waals surface area contributed by atoms with Crippen LogP contribution in [0.25, 0.3) is 11.1 Å². The van der Waals surface area contributed by atoms with E-state index in [0.717, 1.165) is 73.5 Å². The number of benzene rings is 2. The van der Waals surface area contributed by atoms with E-state index < -0.39 is 11.7 Å². The highest BCUT2D eigenvalue weighted by Gasteiger charge is 2.30. The third kappa shape index (κ3) is 4.89. The smallest absolute Gasteiger partial charge is 0.335 e. The molecular weight excluding hydrogens is 415 g/mol. The molecule has 4 nitrogen and oxygen atoms in total. The van der Waals surface area contributed by atoms with E-state index >= 15 is 0 Å². The molecule has 0 atom stereocenters. The monoisotopic (exact) mass is 443 g/mol. The Kier molecular flexibility index (Phi) is 6.40. The van der Waals surface area contributed by atoms with Gasteiger partial charge in [-0.2, -0.15) is 13.2 Å². The molecule has 0 spiro atoms. The van der Waals surface area contributed by atoms with Gasteiger partial charge in [0.25, 0.3) is 0 Å². The summed E-state index contributed by atoms with van der Waals surface area (Å²) in [6, 6.07) is 9.63. The standard InChI is InChI=1S/C25H28F3N3O/c1-3-24(32)31-9-8-19-14-21(16-30-12-10-29(2)11-13-30)23(15-20(19)17-31)18-4-6-22(7-5-18)25(26,27)28/h3-7,14-15H,1,8-13,16-17H2,2H3. The lowest BCUT2D eigenvalue weighted by atomic mass is 9.89. The van der Waals surface area contributed by atoms with Crippen LogP contribution in [0, 0.1) is 0 Å². The van der Waals surface area contributed by atoms with E-state index in [1.165, 1.54) is 11.6 Å². The van der Waals surface area contributed by atoms with Gasteiger partial charge in [0.15, 0.2) is 0 Å². The third-order valence-corrected chi connectivity index (χ3v) is 6.44. The molecule has 0 aliphatic carbocycles. The molecule has 0 N–H and O–H groups in total. The quantitative estimate of drug-likeness (QED) is 0.663. The predicted octanol–water partition coefficient (Wildman–Crippen LogP) is 4.19. The summed E-state index contributed by atoms with van der Waals surface area (Å²) in [5.74, 6) is -0.103. The summed E-state index contributed by atoms with van der Waals surface area (Å²) < 4.78 is 39.2. The van der Waals surface area contributed by atoms with Crippen molar-refractivity contribution in [2.75, 3.05) is 39.8 Å². The van der Waals surface area contributed by atoms with Gasteiger partial charge in [0.2, 0.25) is 5.91 Å². The largest absolute Gasteiger partial charge is 0.416 e. The number of likely N-dealkylation sites (N-methyl/N-ethyl adjacent to an activating group) is 1. The molecule has 0 saturated carbocycles. The molecule has 0 bridgehead atoms. The van der Waals surface area contributed by atoms with E-state index in [4.69, 9.17) is 0 Å². The normalized spacial score (nSPS) is 17.8. The third-order valence-electron chi connectivity index (χ3n) is 6.44. The molecule has 0 aromatic heterocycles. The fourth-order valence-electron chi connectivity index (χ4n) is 4.46. The fraction of sp³-hybridized carbons (Fsp3) is 0.400. The van der Waals surface area contributed by atoms with Crippen molar-refractivity contribution >= 4 is 5.91 Å². The number of piperazine rings is 1. The van der Waals surface area contributed by atoms with Crippen molar-refractivity contribution in [3.05, 3.63) is 71.3 Å². The topological polar surface area (TPSA) is 26.8 Å². The molecular formula is C25H28F3N3O. The average molecular weight is 444 g/mol. The van der Waals surface area contributed by atoms with E-state index in [9.17, 15) is 18.0 Å². The summed E-state index contributed by atoms with van der Waals surface area (Å²) in [5.41, 5.74) is 4.42. The molecule has 0 radical (unpaired) electrons. The van der Waals surface area contributed by atoms with Crippen LogP contribution in [-0.4, -0.2) is 60.4 Å². The zero-order chi connectivity index (χ0) is 22.9. The Hall–Kier alpha value is -2.64. The number of amides is 1. The molecule has 2 aliphatic rings. The van der Waals surface area contributed by atoms with Gasteiger partial charge in [-0.15, -0.1) is 0 Å². The van der Waals surface area contributed by atoms with Gasteiger partial charge in [0, 0.05) is 45.8 Å². The second-order valence-corrected chi connectivity index (χ2v) is 8.65. The van der Waals surface area contributed by atoms with Gasteiger partial charge in [0.1, 0.15) is 0 Å². The SMILES string of the molecule is C=CC(=O)N1CCc2cc(CN3CCN(C)CC3)c(-c3ccc(C(F)(F)F)cc3)cc2C1. The van der Waals surface area contributed by atoms with Crippen molar-refractivity contribution in [3.63, 3.8) is 0 Å². The van der Waals surface area contributed by atoms with Crippen LogP contribution in [-0.2, 0) is 30.5 Å². The van der Waals surface area contributed by atoms with Crippen LogP contribution in [0.1, 0.15) is 22.3 Å². The van der Waals surface area contributed by atoms with Crippen molar-refractivity contribution in [1.82, 2.24) is 14.7 Å². The molecule has 0 unspecified atom stereocenters. The van der Waals surface area contributed by atoms with Crippen LogP contribution in [0.5, 0.6) is 0 Å². The Bertz CT molecular complexity index is 993. The maximum Gasteiger partial charge on any atom is 0.416 e. The minimum atomic E-state index is -4.36. The highest BCUT2D eigenvalue weighted by atomic mass is 19.4. The van der Waals surface area contributed by atoms with Crippen LogP contribution in [0.4, 0.5) is 13.2 Å². The van der Waals surface area contributed by atoms with Crippen molar-refractivity contribution < 1.29 is 18.0 Å². The van der Waals surface area contributed by atoms with Gasteiger partial charge in [0.05, 0.1) is 5.56 Å². The molecule has 1 fully saturated rings. The lowest BCUT2D eigenvalue weighted by Crippen LogP contribution is -2.44. The minimum Gasteiger partial charge on any atom is -0.335 e. The molecule has 2 aromatic rings. The summed E-state index contributed by atoms with van der Waals surface area (Å²) in [4.78, 5) is 18.6. The van der Waals surface area contributed by atoms with Crippen molar-refractivity contribution in [2.24, 2.45) is 0 Å². The summed E-state index contributed by atoms with van der Waals surface area (Å²) >= 11 is 0. The van der Waals surface area contributed by atoms with Crippen LogP contribution in [0.15, 0.2) is 49.1 Å². The van der Waals surface area contributed by atoms with Gasteiger partial charge in [-0.05, 0) is 65.6 Å². The van der Waals surface area contributed by atoms with E-state index in [-0.39, 0.29) is 5.91 Å². The fourth-order valence-corrected chi connectivity index (χ4v) is 4.46. The van der Waals surface area contributed by atoms with Gasteiger partial charge >= 0.3 is 6.18 Å². The van der Waals surface area contributed by atoms with Crippen LogP contribution in [0.3, 0.4) is 0 Å². The number of carbonyl (C=O) groups is 1. The first-order valence-corrected chi connectivity index (χ1v) is 10.9. The number of hydrogen-bond donors (Lipinski definition) is 0. The Balaban J connectivity index is 1.70. The molecule has 4 rings (SSSR count). The number of carbonyl (C=O) groups excluding carboxylic acids is 1. The highest BCUT2D eigenvalue weighted by Crippen LogP contribution is 2.34. The zero-order valence-corrected chi connectivity index (χ0v) is 18.3. The first kappa shape index (κ1) is 22.6. The molecule has 2 aliphatic heterocycles. The number of rotatable bonds is 4. The Labute approximate surface area is 186 Å². The van der Waals surface area contributed by atoms with E-state index in [2.05, 4.69) is 35.6 Å². The molecule has 1 amide bonds. The highest BCUT2D eigenvalue weighted by molar-refractivity contribution is 5.87. The van der Waals surface area contributed by atoms with E-state index in [0.29, 0.717) is 13.1 Å². The second-order valence-electron chi connectivity index (χ2n) is 8.65. The number of fused-ring (bicyclic) bond motifs is 1. The first-order chi connectivity index (χ1) is 15.2.